The predicted octanol–water partition coefficient (Wildman–Crippen LogP) is 4.53. The Labute approximate surface area is 126 Å². The number of likely N-dealkylation sites (N-methyl/N-ethyl adjacent to an activating group) is 1. The first-order valence-electron chi connectivity index (χ1n) is 7.01. The topological polar surface area (TPSA) is 12.0 Å². The molecule has 1 nitrogen and oxygen atoms in total. The number of benzene rings is 2. The Morgan fingerprint density at radius 3 is 2.35 bits per heavy atom. The normalized spacial score (nSPS) is 12.4. The minimum absolute atomic E-state index is 0.367. The summed E-state index contributed by atoms with van der Waals surface area (Å²) in [5, 5.41) is 3.44. The molecule has 0 saturated carbocycles. The maximum absolute atomic E-state index is 3.44. The molecule has 0 amide bonds. The van der Waals surface area contributed by atoms with E-state index in [4.69, 9.17) is 0 Å². The van der Waals surface area contributed by atoms with Gasteiger partial charge >= 0.3 is 0 Å². The molecular formula is C18H23NS. The van der Waals surface area contributed by atoms with E-state index in [1.165, 1.54) is 27.1 Å². The van der Waals surface area contributed by atoms with E-state index in [1.807, 2.05) is 7.05 Å². The van der Waals surface area contributed by atoms with E-state index < -0.39 is 0 Å². The fourth-order valence-corrected chi connectivity index (χ4v) is 2.87. The first-order chi connectivity index (χ1) is 9.63. The largest absolute Gasteiger partial charge is 0.313 e. The minimum Gasteiger partial charge on any atom is -0.313 e. The lowest BCUT2D eigenvalue weighted by atomic mass is 9.95. The van der Waals surface area contributed by atoms with E-state index >= 15 is 0 Å². The van der Waals surface area contributed by atoms with Gasteiger partial charge in [-0.1, -0.05) is 35.9 Å². The second kappa shape index (κ2) is 6.96. The van der Waals surface area contributed by atoms with E-state index in [1.54, 1.807) is 11.8 Å². The third-order valence-electron chi connectivity index (χ3n) is 3.80. The lowest BCUT2D eigenvalue weighted by molar-refractivity contribution is 0.590. The number of thioether (sulfide) groups is 1. The van der Waals surface area contributed by atoms with Gasteiger partial charge in [0, 0.05) is 10.9 Å². The molecule has 0 saturated heterocycles. The van der Waals surface area contributed by atoms with Crippen LogP contribution in [0.1, 0.15) is 28.3 Å². The molecule has 0 fully saturated rings. The van der Waals surface area contributed by atoms with Crippen LogP contribution < -0.4 is 5.32 Å². The van der Waals surface area contributed by atoms with Gasteiger partial charge in [-0.05, 0) is 62.4 Å². The average molecular weight is 285 g/mol. The summed E-state index contributed by atoms with van der Waals surface area (Å²) in [6.07, 6.45) is 3.14. The summed E-state index contributed by atoms with van der Waals surface area (Å²) in [6.45, 7) is 4.35. The maximum atomic E-state index is 3.44. The zero-order valence-corrected chi connectivity index (χ0v) is 13.6. The van der Waals surface area contributed by atoms with E-state index in [-0.39, 0.29) is 0 Å². The van der Waals surface area contributed by atoms with Crippen molar-refractivity contribution in [2.45, 2.75) is 31.2 Å². The smallest absolute Gasteiger partial charge is 0.0358 e. The van der Waals surface area contributed by atoms with Crippen LogP contribution in [0.2, 0.25) is 0 Å². The van der Waals surface area contributed by atoms with Crippen molar-refractivity contribution in [2.75, 3.05) is 13.3 Å². The Morgan fingerprint density at radius 1 is 1.05 bits per heavy atom. The molecule has 0 spiro atoms. The van der Waals surface area contributed by atoms with E-state index in [0.717, 1.165) is 6.42 Å². The van der Waals surface area contributed by atoms with Gasteiger partial charge in [0.1, 0.15) is 0 Å². The second-order valence-corrected chi connectivity index (χ2v) is 6.13. The van der Waals surface area contributed by atoms with E-state index in [2.05, 4.69) is 67.9 Å². The zero-order valence-electron chi connectivity index (χ0n) is 12.7. The summed E-state index contributed by atoms with van der Waals surface area (Å²) in [6, 6.07) is 15.9. The predicted molar refractivity (Wildman–Crippen MR) is 89.6 cm³/mol. The summed E-state index contributed by atoms with van der Waals surface area (Å²) in [4.78, 5) is 1.32. The van der Waals surface area contributed by atoms with Crippen molar-refractivity contribution in [3.05, 3.63) is 64.7 Å². The first kappa shape index (κ1) is 15.1. The quantitative estimate of drug-likeness (QED) is 0.810. The molecule has 0 heterocycles. The second-order valence-electron chi connectivity index (χ2n) is 5.25. The van der Waals surface area contributed by atoms with Crippen molar-refractivity contribution in [1.82, 2.24) is 5.32 Å². The van der Waals surface area contributed by atoms with Crippen LogP contribution in [0.5, 0.6) is 0 Å². The highest BCUT2D eigenvalue weighted by Gasteiger charge is 2.11. The third kappa shape index (κ3) is 3.65. The van der Waals surface area contributed by atoms with Crippen LogP contribution in [0.15, 0.2) is 47.4 Å². The molecule has 2 heteroatoms. The van der Waals surface area contributed by atoms with Gasteiger partial charge in [-0.25, -0.2) is 0 Å². The molecule has 20 heavy (non-hydrogen) atoms. The molecule has 1 N–H and O–H groups in total. The Hall–Kier alpha value is -1.25. The molecule has 1 atom stereocenters. The lowest BCUT2D eigenvalue weighted by Gasteiger charge is -2.19. The molecule has 2 aromatic rings. The summed E-state index contributed by atoms with van der Waals surface area (Å²) in [5.41, 5.74) is 5.49. The number of rotatable bonds is 5. The summed E-state index contributed by atoms with van der Waals surface area (Å²) in [5.74, 6) is 0. The van der Waals surface area contributed by atoms with Crippen LogP contribution in [0.4, 0.5) is 0 Å². The van der Waals surface area contributed by atoms with Gasteiger partial charge < -0.3 is 5.32 Å². The van der Waals surface area contributed by atoms with Gasteiger partial charge in [0.05, 0.1) is 0 Å². The van der Waals surface area contributed by atoms with Gasteiger partial charge in [0.15, 0.2) is 0 Å². The molecule has 0 aliphatic carbocycles. The van der Waals surface area contributed by atoms with Crippen LogP contribution in [0.25, 0.3) is 0 Å². The van der Waals surface area contributed by atoms with Crippen molar-refractivity contribution in [3.63, 3.8) is 0 Å². The van der Waals surface area contributed by atoms with Crippen molar-refractivity contribution in [3.8, 4) is 0 Å². The summed E-state index contributed by atoms with van der Waals surface area (Å²) >= 11 is 1.78. The fraction of sp³-hybridized carbons (Fsp3) is 0.333. The molecular weight excluding hydrogens is 262 g/mol. The molecule has 0 aromatic heterocycles. The maximum Gasteiger partial charge on any atom is 0.0358 e. The van der Waals surface area contributed by atoms with Crippen molar-refractivity contribution in [1.29, 1.82) is 0 Å². The molecule has 1 unspecified atom stereocenters. The van der Waals surface area contributed by atoms with Crippen molar-refractivity contribution < 1.29 is 0 Å². The highest BCUT2D eigenvalue weighted by Crippen LogP contribution is 2.23. The van der Waals surface area contributed by atoms with E-state index in [9.17, 15) is 0 Å². The molecule has 0 aliphatic heterocycles. The third-order valence-corrected chi connectivity index (χ3v) is 4.54. The summed E-state index contributed by atoms with van der Waals surface area (Å²) < 4.78 is 0. The highest BCUT2D eigenvalue weighted by atomic mass is 32.2. The van der Waals surface area contributed by atoms with Crippen LogP contribution in [0.3, 0.4) is 0 Å². The van der Waals surface area contributed by atoms with Gasteiger partial charge in [0.2, 0.25) is 0 Å². The first-order valence-corrected chi connectivity index (χ1v) is 8.24. The Kier molecular flexibility index (Phi) is 5.27. The number of aryl methyl sites for hydroxylation is 2. The number of hydrogen-bond donors (Lipinski definition) is 1. The van der Waals surface area contributed by atoms with Crippen molar-refractivity contribution in [2.24, 2.45) is 0 Å². The van der Waals surface area contributed by atoms with Gasteiger partial charge in [-0.3, -0.25) is 0 Å². The fourth-order valence-electron chi connectivity index (χ4n) is 2.46. The standard InChI is InChI=1S/C18H23NS/c1-13-5-6-14(2)16(11-13)12-18(19-3)15-7-9-17(20-4)10-8-15/h5-11,18-19H,12H2,1-4H3. The molecule has 0 radical (unpaired) electrons. The van der Waals surface area contributed by atoms with Crippen molar-refractivity contribution >= 4 is 11.8 Å². The molecule has 106 valence electrons. The summed E-state index contributed by atoms with van der Waals surface area (Å²) in [7, 11) is 2.04. The highest BCUT2D eigenvalue weighted by molar-refractivity contribution is 7.98. The van der Waals surface area contributed by atoms with Crippen LogP contribution in [0, 0.1) is 13.8 Å². The van der Waals surface area contributed by atoms with Crippen LogP contribution in [-0.2, 0) is 6.42 Å². The average Bonchev–Trinajstić information content (AvgIpc) is 2.48. The Bertz CT molecular complexity index is 560. The number of hydrogen-bond acceptors (Lipinski definition) is 2. The van der Waals surface area contributed by atoms with Crippen LogP contribution in [-0.4, -0.2) is 13.3 Å². The van der Waals surface area contributed by atoms with Gasteiger partial charge in [-0.15, -0.1) is 11.8 Å². The monoisotopic (exact) mass is 285 g/mol. The zero-order chi connectivity index (χ0) is 14.5. The molecule has 2 aromatic carbocycles. The molecule has 0 aliphatic rings. The lowest BCUT2D eigenvalue weighted by Crippen LogP contribution is -2.19. The van der Waals surface area contributed by atoms with Gasteiger partial charge in [0.25, 0.3) is 0 Å². The SMILES string of the molecule is CNC(Cc1cc(C)ccc1C)c1ccc(SC)cc1. The van der Waals surface area contributed by atoms with Crippen LogP contribution >= 0.6 is 11.8 Å². The Morgan fingerprint density at radius 2 is 1.75 bits per heavy atom. The molecule has 2 rings (SSSR count). The van der Waals surface area contributed by atoms with Gasteiger partial charge in [-0.2, -0.15) is 0 Å². The van der Waals surface area contributed by atoms with E-state index in [0.29, 0.717) is 6.04 Å². The molecule has 0 bridgehead atoms. The number of nitrogens with one attached hydrogen (secondary N) is 1. The Balaban J connectivity index is 2.21. The minimum atomic E-state index is 0.367.